The van der Waals surface area contributed by atoms with Crippen LogP contribution in [0.25, 0.3) is 11.0 Å². The van der Waals surface area contributed by atoms with Gasteiger partial charge in [-0.2, -0.15) is 0 Å². The maximum Gasteiger partial charge on any atom is 0.242 e. The number of imidazole rings is 1. The lowest BCUT2D eigenvalue weighted by Crippen LogP contribution is -2.37. The maximum atomic E-state index is 12.4. The monoisotopic (exact) mass is 378 g/mol. The fourth-order valence-corrected chi connectivity index (χ4v) is 4.62. The third kappa shape index (κ3) is 3.66. The van der Waals surface area contributed by atoms with Crippen LogP contribution in [0.1, 0.15) is 45.4 Å². The van der Waals surface area contributed by atoms with E-state index >= 15 is 0 Å². The third-order valence-corrected chi connectivity index (χ3v) is 7.12. The molecule has 1 aromatic heterocycles. The first-order valence-electron chi connectivity index (χ1n) is 9.50. The Morgan fingerprint density at radius 1 is 1.27 bits per heavy atom. The van der Waals surface area contributed by atoms with E-state index in [9.17, 15) is 8.42 Å². The van der Waals surface area contributed by atoms with Crippen LogP contribution in [0, 0.1) is 0 Å². The van der Waals surface area contributed by atoms with E-state index < -0.39 is 10.0 Å². The highest BCUT2D eigenvalue weighted by molar-refractivity contribution is 7.89. The molecule has 0 radical (unpaired) electrons. The Bertz CT molecular complexity index is 873. The van der Waals surface area contributed by atoms with E-state index in [1.807, 2.05) is 6.07 Å². The van der Waals surface area contributed by atoms with Gasteiger partial charge in [0.2, 0.25) is 10.0 Å². The van der Waals surface area contributed by atoms with Crippen LogP contribution in [0.5, 0.6) is 0 Å². The Balaban J connectivity index is 2.01. The zero-order chi connectivity index (χ0) is 18.9. The molecule has 2 aromatic rings. The minimum absolute atomic E-state index is 0.300. The molecule has 0 aliphatic carbocycles. The standard InChI is InChI=1S/C19H30N4O2S/c1-5-11-23-18-10-9-16(26(24,25)21(3)4)13-17(18)20-19(23)14-22-12-7-6-8-15(22)2/h9-10,13,15H,5-8,11-12,14H2,1-4H3. The van der Waals surface area contributed by atoms with E-state index in [0.717, 1.165) is 42.9 Å². The summed E-state index contributed by atoms with van der Waals surface area (Å²) < 4.78 is 28.4. The van der Waals surface area contributed by atoms with Crippen LogP contribution in [0.15, 0.2) is 23.1 Å². The van der Waals surface area contributed by atoms with Crippen molar-refractivity contribution in [2.24, 2.45) is 0 Å². The molecule has 1 aliphatic heterocycles. The number of fused-ring (bicyclic) bond motifs is 1. The number of aryl methyl sites for hydroxylation is 1. The van der Waals surface area contributed by atoms with Gasteiger partial charge in [-0.15, -0.1) is 0 Å². The highest BCUT2D eigenvalue weighted by Gasteiger charge is 2.23. The van der Waals surface area contributed by atoms with Crippen LogP contribution in [-0.2, 0) is 23.1 Å². The zero-order valence-electron chi connectivity index (χ0n) is 16.3. The third-order valence-electron chi connectivity index (χ3n) is 5.31. The molecule has 0 saturated carbocycles. The van der Waals surface area contributed by atoms with E-state index in [2.05, 4.69) is 23.3 Å². The van der Waals surface area contributed by atoms with Crippen LogP contribution < -0.4 is 0 Å². The molecule has 1 aliphatic rings. The van der Waals surface area contributed by atoms with Crippen LogP contribution in [0.4, 0.5) is 0 Å². The van der Waals surface area contributed by atoms with E-state index in [1.54, 1.807) is 26.2 Å². The van der Waals surface area contributed by atoms with Crippen molar-refractivity contribution in [1.29, 1.82) is 0 Å². The van der Waals surface area contributed by atoms with Gasteiger partial charge in [-0.05, 0) is 50.9 Å². The molecule has 0 bridgehead atoms. The van der Waals surface area contributed by atoms with Gasteiger partial charge in [0.05, 0.1) is 22.5 Å². The Labute approximate surface area is 156 Å². The number of likely N-dealkylation sites (tertiary alicyclic amines) is 1. The molecule has 144 valence electrons. The number of hydrogen-bond acceptors (Lipinski definition) is 4. The molecule has 0 N–H and O–H groups in total. The van der Waals surface area contributed by atoms with E-state index in [-0.39, 0.29) is 0 Å². The van der Waals surface area contributed by atoms with Crippen LogP contribution in [0.3, 0.4) is 0 Å². The van der Waals surface area contributed by atoms with Gasteiger partial charge < -0.3 is 4.57 Å². The average Bonchev–Trinajstić information content (AvgIpc) is 2.94. The highest BCUT2D eigenvalue weighted by Crippen LogP contribution is 2.25. The number of benzene rings is 1. The fourth-order valence-electron chi connectivity index (χ4n) is 3.70. The van der Waals surface area contributed by atoms with Crippen molar-refractivity contribution in [2.75, 3.05) is 20.6 Å². The summed E-state index contributed by atoms with van der Waals surface area (Å²) in [6.07, 6.45) is 4.80. The van der Waals surface area contributed by atoms with Gasteiger partial charge in [0, 0.05) is 26.7 Å². The fraction of sp³-hybridized carbons (Fsp3) is 0.632. The SMILES string of the molecule is CCCn1c(CN2CCCCC2C)nc2cc(S(=O)(=O)N(C)C)ccc21. The molecule has 1 aromatic carbocycles. The van der Waals surface area contributed by atoms with Gasteiger partial charge in [0.1, 0.15) is 5.82 Å². The Morgan fingerprint density at radius 3 is 2.69 bits per heavy atom. The minimum Gasteiger partial charge on any atom is -0.327 e. The first-order chi connectivity index (χ1) is 12.3. The van der Waals surface area contributed by atoms with Crippen molar-refractivity contribution < 1.29 is 8.42 Å². The number of piperidine rings is 1. The van der Waals surface area contributed by atoms with E-state index in [0.29, 0.717) is 10.9 Å². The molecule has 6 nitrogen and oxygen atoms in total. The molecule has 3 rings (SSSR count). The average molecular weight is 379 g/mol. The molecular weight excluding hydrogens is 348 g/mol. The maximum absolute atomic E-state index is 12.4. The second-order valence-corrected chi connectivity index (χ2v) is 9.58. The quantitative estimate of drug-likeness (QED) is 0.775. The normalized spacial score (nSPS) is 19.5. The van der Waals surface area contributed by atoms with E-state index in [1.165, 1.54) is 23.6 Å². The predicted octanol–water partition coefficient (Wildman–Crippen LogP) is 3.07. The molecule has 26 heavy (non-hydrogen) atoms. The van der Waals surface area contributed by atoms with Crippen molar-refractivity contribution in [3.8, 4) is 0 Å². The van der Waals surface area contributed by atoms with Crippen molar-refractivity contribution >= 4 is 21.1 Å². The van der Waals surface area contributed by atoms with Gasteiger partial charge >= 0.3 is 0 Å². The summed E-state index contributed by atoms with van der Waals surface area (Å²) in [6.45, 7) is 7.27. The van der Waals surface area contributed by atoms with Gasteiger partial charge in [-0.1, -0.05) is 13.3 Å². The highest BCUT2D eigenvalue weighted by atomic mass is 32.2. The summed E-state index contributed by atoms with van der Waals surface area (Å²) in [4.78, 5) is 7.63. The largest absolute Gasteiger partial charge is 0.327 e. The second-order valence-electron chi connectivity index (χ2n) is 7.43. The lowest BCUT2D eigenvalue weighted by atomic mass is 10.0. The number of rotatable bonds is 6. The molecular formula is C19H30N4O2S. The van der Waals surface area contributed by atoms with Gasteiger partial charge in [-0.3, -0.25) is 4.90 Å². The van der Waals surface area contributed by atoms with Gasteiger partial charge in [-0.25, -0.2) is 17.7 Å². The van der Waals surface area contributed by atoms with Gasteiger partial charge in [0.25, 0.3) is 0 Å². The summed E-state index contributed by atoms with van der Waals surface area (Å²) in [5.74, 6) is 1.04. The molecule has 1 fully saturated rings. The molecule has 7 heteroatoms. The molecule has 1 atom stereocenters. The minimum atomic E-state index is -3.45. The van der Waals surface area contributed by atoms with E-state index in [4.69, 9.17) is 4.98 Å². The molecule has 0 spiro atoms. The molecule has 0 amide bonds. The van der Waals surface area contributed by atoms with Crippen LogP contribution in [0.2, 0.25) is 0 Å². The Morgan fingerprint density at radius 2 is 2.04 bits per heavy atom. The summed E-state index contributed by atoms with van der Waals surface area (Å²) in [7, 11) is -0.339. The number of nitrogens with zero attached hydrogens (tertiary/aromatic N) is 4. The Hall–Kier alpha value is -1.44. The van der Waals surface area contributed by atoms with Crippen molar-refractivity contribution in [1.82, 2.24) is 18.8 Å². The van der Waals surface area contributed by atoms with Crippen molar-refractivity contribution in [2.45, 2.75) is 63.6 Å². The first-order valence-corrected chi connectivity index (χ1v) is 10.9. The Kier molecular flexibility index (Phi) is 5.69. The molecule has 1 saturated heterocycles. The van der Waals surface area contributed by atoms with Crippen molar-refractivity contribution in [3.63, 3.8) is 0 Å². The summed E-state index contributed by atoms with van der Waals surface area (Å²) in [5, 5.41) is 0. The summed E-state index contributed by atoms with van der Waals surface area (Å²) >= 11 is 0. The van der Waals surface area contributed by atoms with Crippen molar-refractivity contribution in [3.05, 3.63) is 24.0 Å². The topological polar surface area (TPSA) is 58.4 Å². The van der Waals surface area contributed by atoms with Crippen LogP contribution in [-0.4, -0.2) is 53.9 Å². The summed E-state index contributed by atoms with van der Waals surface area (Å²) in [6, 6.07) is 5.87. The molecule has 1 unspecified atom stereocenters. The predicted molar refractivity (Wildman–Crippen MR) is 105 cm³/mol. The van der Waals surface area contributed by atoms with Gasteiger partial charge in [0.15, 0.2) is 0 Å². The van der Waals surface area contributed by atoms with Crippen LogP contribution >= 0.6 is 0 Å². The number of sulfonamides is 1. The lowest BCUT2D eigenvalue weighted by molar-refractivity contribution is 0.147. The molecule has 2 heterocycles. The number of aromatic nitrogens is 2. The number of hydrogen-bond donors (Lipinski definition) is 0. The zero-order valence-corrected chi connectivity index (χ0v) is 17.1. The lowest BCUT2D eigenvalue weighted by Gasteiger charge is -2.33. The summed E-state index contributed by atoms with van der Waals surface area (Å²) in [5.41, 5.74) is 1.78. The second kappa shape index (κ2) is 7.66. The first kappa shape index (κ1) is 19.3. The smallest absolute Gasteiger partial charge is 0.242 e.